The Kier molecular flexibility index (Phi) is 5.20. The number of rotatable bonds is 6. The van der Waals surface area contributed by atoms with E-state index >= 15 is 0 Å². The van der Waals surface area contributed by atoms with E-state index < -0.39 is 19.7 Å². The maximum absolute atomic E-state index is 11.3. The second kappa shape index (κ2) is 9.70. The first kappa shape index (κ1) is 13.9. The summed E-state index contributed by atoms with van der Waals surface area (Å²) in [7, 11) is 0. The third-order valence-electron chi connectivity index (χ3n) is 4.47. The van der Waals surface area contributed by atoms with Gasteiger partial charge in [-0.2, -0.15) is 0 Å². The Morgan fingerprint density at radius 2 is 1.96 bits per heavy atom. The van der Waals surface area contributed by atoms with Crippen molar-refractivity contribution >= 4 is 46.6 Å². The maximum atomic E-state index is 11.3. The van der Waals surface area contributed by atoms with Crippen molar-refractivity contribution in [2.24, 2.45) is 5.92 Å². The van der Waals surface area contributed by atoms with Crippen molar-refractivity contribution < 1.29 is 18.1 Å². The molecule has 2 aromatic rings. The number of carbonyl (C=O) groups is 1. The Balaban J connectivity index is 0.00000363. The number of hydrogen-bond donors (Lipinski definition) is 1. The molecule has 1 atom stereocenters. The van der Waals surface area contributed by atoms with Crippen LogP contribution in [0.5, 0.6) is 0 Å². The topological polar surface area (TPSA) is 40.5 Å². The van der Waals surface area contributed by atoms with E-state index in [1.807, 2.05) is 6.08 Å². The molecular weight excluding hydrogens is 386 g/mol. The molecule has 0 spiro atoms. The Bertz CT molecular complexity index is 896. The number of piperidine rings is 1. The van der Waals surface area contributed by atoms with E-state index in [9.17, 15) is 9.90 Å². The van der Waals surface area contributed by atoms with Crippen LogP contribution in [-0.2, 0) is 4.79 Å². The average Bonchev–Trinajstić information content (AvgIpc) is 3.34. The molecule has 1 N–H and O–H groups in total. The highest BCUT2D eigenvalue weighted by Gasteiger charge is 2.24. The van der Waals surface area contributed by atoms with E-state index in [1.54, 1.807) is 22.9 Å². The van der Waals surface area contributed by atoms with Crippen LogP contribution in [0.3, 0.4) is 0 Å². The molecule has 0 bridgehead atoms. The minimum absolute atomic E-state index is 0. The number of likely N-dealkylation sites (tertiary alicyclic amines) is 1. The minimum Gasteiger partial charge on any atom is -0.481 e. The van der Waals surface area contributed by atoms with Crippen LogP contribution in [0.1, 0.15) is 48.4 Å². The number of thiophene rings is 2. The lowest BCUT2D eigenvalue weighted by Crippen LogP contribution is -2.39. The number of aryl methyl sites for hydroxylation is 2. The van der Waals surface area contributed by atoms with Gasteiger partial charge in [0.15, 0.2) is 0 Å². The van der Waals surface area contributed by atoms with Crippen LogP contribution < -0.4 is 0 Å². The lowest BCUT2D eigenvalue weighted by atomic mass is 9.98. The number of halogens is 1. The average molecular weight is 418 g/mol. The van der Waals surface area contributed by atoms with Crippen molar-refractivity contribution in [2.45, 2.75) is 33.0 Å². The first-order valence-electron chi connectivity index (χ1n) is 11.3. The summed E-state index contributed by atoms with van der Waals surface area (Å²) in [6.07, 6.45) is 3.99. The van der Waals surface area contributed by atoms with Gasteiger partial charge >= 0.3 is 5.97 Å². The number of aliphatic carboxylic acids is 1. The van der Waals surface area contributed by atoms with Crippen LogP contribution in [0.25, 0.3) is 5.57 Å². The molecule has 3 rings (SSSR count). The fourth-order valence-electron chi connectivity index (χ4n) is 3.18. The fraction of sp³-hybridized carbons (Fsp3) is 0.450. The van der Waals surface area contributed by atoms with Gasteiger partial charge in [0.05, 0.1) is 5.92 Å². The highest BCUT2D eigenvalue weighted by atomic mass is 35.5. The molecule has 26 heavy (non-hydrogen) atoms. The van der Waals surface area contributed by atoms with Crippen LogP contribution in [0.15, 0.2) is 29.0 Å². The van der Waals surface area contributed by atoms with E-state index in [1.165, 1.54) is 22.7 Å². The molecule has 0 amide bonds. The number of carboxylic acid groups (broad SMARTS) is 1. The highest BCUT2D eigenvalue weighted by molar-refractivity contribution is 7.14. The number of nitrogens with zero attached hydrogens (tertiary/aromatic N) is 1. The molecular formula is C20H26ClNO2S2. The lowest BCUT2D eigenvalue weighted by Gasteiger charge is -2.30. The normalized spacial score (nSPS) is 21.9. The molecule has 3 nitrogen and oxygen atoms in total. The van der Waals surface area contributed by atoms with Gasteiger partial charge in [0.2, 0.25) is 0 Å². The van der Waals surface area contributed by atoms with Gasteiger partial charge in [-0.3, -0.25) is 4.79 Å². The molecule has 3 heterocycles. The second-order valence-electron chi connectivity index (χ2n) is 6.21. The molecule has 1 saturated heterocycles. The zero-order valence-electron chi connectivity index (χ0n) is 20.2. The van der Waals surface area contributed by atoms with Gasteiger partial charge in [0.25, 0.3) is 0 Å². The monoisotopic (exact) mass is 417 g/mol. The SMILES string of the molecule is Cl.[2H]C([2H])([2H])c1ccsc1C(=CCCN1CCC[C@H](C(=O)O)C1)c1sccc1C([2H])([2H])[2H]. The molecule has 0 unspecified atom stereocenters. The van der Waals surface area contributed by atoms with Crippen molar-refractivity contribution in [3.05, 3.63) is 49.9 Å². The van der Waals surface area contributed by atoms with Crippen molar-refractivity contribution in [3.8, 4) is 0 Å². The van der Waals surface area contributed by atoms with Gasteiger partial charge in [-0.1, -0.05) is 6.08 Å². The van der Waals surface area contributed by atoms with Crippen molar-refractivity contribution in [1.82, 2.24) is 4.90 Å². The largest absolute Gasteiger partial charge is 0.481 e. The molecule has 2 aromatic heterocycles. The standard InChI is InChI=1S/C20H25NO2S2.ClH/c1-14-7-11-24-18(14)17(19-15(2)8-12-25-19)6-4-10-21-9-3-5-16(13-21)20(22)23;/h6-8,11-12,16H,3-5,9-10,13H2,1-2H3,(H,22,23);1H/t16-;/m0./s1/i1D3,2D3;. The van der Waals surface area contributed by atoms with Gasteiger partial charge in [-0.15, -0.1) is 35.1 Å². The van der Waals surface area contributed by atoms with Crippen LogP contribution in [0.2, 0.25) is 0 Å². The minimum atomic E-state index is -2.30. The lowest BCUT2D eigenvalue weighted by molar-refractivity contribution is -0.143. The predicted octanol–water partition coefficient (Wildman–Crippen LogP) is 5.47. The van der Waals surface area contributed by atoms with Gasteiger partial charge in [-0.25, -0.2) is 0 Å². The number of hydrogen-bond acceptors (Lipinski definition) is 4. The van der Waals surface area contributed by atoms with E-state index in [0.29, 0.717) is 41.3 Å². The summed E-state index contributed by atoms with van der Waals surface area (Å²) < 4.78 is 47.2. The van der Waals surface area contributed by atoms with Gasteiger partial charge in [0.1, 0.15) is 0 Å². The summed E-state index contributed by atoms with van der Waals surface area (Å²) in [5, 5.41) is 12.7. The van der Waals surface area contributed by atoms with E-state index in [2.05, 4.69) is 4.90 Å². The third-order valence-corrected chi connectivity index (χ3v) is 6.36. The molecule has 6 heteroatoms. The summed E-state index contributed by atoms with van der Waals surface area (Å²) in [4.78, 5) is 14.5. The molecule has 0 saturated carbocycles. The summed E-state index contributed by atoms with van der Waals surface area (Å²) in [5.41, 5.74) is 1.07. The van der Waals surface area contributed by atoms with Crippen molar-refractivity contribution in [3.63, 3.8) is 0 Å². The molecule has 1 aliphatic rings. The molecule has 0 aliphatic carbocycles. The van der Waals surface area contributed by atoms with E-state index in [0.717, 1.165) is 13.0 Å². The van der Waals surface area contributed by atoms with Gasteiger partial charge < -0.3 is 10.0 Å². The Hall–Kier alpha value is -1.14. The second-order valence-corrected chi connectivity index (χ2v) is 8.04. The first-order valence-corrected chi connectivity index (χ1v) is 10.1. The van der Waals surface area contributed by atoms with Gasteiger partial charge in [-0.05, 0) is 73.5 Å². The molecule has 1 fully saturated rings. The molecule has 0 radical (unpaired) electrons. The predicted molar refractivity (Wildman–Crippen MR) is 114 cm³/mol. The van der Waals surface area contributed by atoms with E-state index in [4.69, 9.17) is 8.22 Å². The highest BCUT2D eigenvalue weighted by Crippen LogP contribution is 2.35. The fourth-order valence-corrected chi connectivity index (χ4v) is 4.94. The molecule has 0 aromatic carbocycles. The van der Waals surface area contributed by atoms with E-state index in [-0.39, 0.29) is 29.5 Å². The zero-order chi connectivity index (χ0) is 22.8. The maximum Gasteiger partial charge on any atom is 0.307 e. The summed E-state index contributed by atoms with van der Waals surface area (Å²) >= 11 is 2.59. The van der Waals surface area contributed by atoms with Crippen LogP contribution >= 0.6 is 35.1 Å². The summed E-state index contributed by atoms with van der Waals surface area (Å²) in [6.45, 7) is -2.64. The quantitative estimate of drug-likeness (QED) is 0.677. The van der Waals surface area contributed by atoms with Crippen LogP contribution in [0.4, 0.5) is 0 Å². The summed E-state index contributed by atoms with van der Waals surface area (Å²) in [5.74, 6) is -1.14. The zero-order valence-corrected chi connectivity index (χ0v) is 16.7. The van der Waals surface area contributed by atoms with Gasteiger partial charge in [0, 0.05) is 36.6 Å². The Morgan fingerprint density at radius 1 is 1.31 bits per heavy atom. The van der Waals surface area contributed by atoms with Crippen molar-refractivity contribution in [1.29, 1.82) is 0 Å². The number of carboxylic acids is 1. The Morgan fingerprint density at radius 3 is 2.54 bits per heavy atom. The Labute approximate surface area is 178 Å². The molecule has 1 aliphatic heterocycles. The van der Waals surface area contributed by atoms with Crippen LogP contribution in [0, 0.1) is 19.6 Å². The third kappa shape index (κ3) is 4.97. The van der Waals surface area contributed by atoms with Crippen molar-refractivity contribution in [2.75, 3.05) is 19.6 Å². The summed E-state index contributed by atoms with van der Waals surface area (Å²) in [6, 6.07) is 3.15. The molecule has 142 valence electrons. The smallest absolute Gasteiger partial charge is 0.307 e. The van der Waals surface area contributed by atoms with Crippen LogP contribution in [-0.4, -0.2) is 35.6 Å². The first-order chi connectivity index (χ1) is 14.5.